The summed E-state index contributed by atoms with van der Waals surface area (Å²) in [6, 6.07) is 4.11. The Hall–Kier alpha value is -1.66. The standard InChI is InChI=1S/C19H30N4O2/c24-19(21-8-11-22-9-2-1-3-10-22)5-4-17-6-7-20-18(16-17)23-12-14-25-15-13-23/h6-7,16H,1-5,8-15H2,(H,21,24). The first-order chi connectivity index (χ1) is 12.3. The Morgan fingerprint density at radius 3 is 2.76 bits per heavy atom. The second-order valence-electron chi connectivity index (χ2n) is 6.87. The highest BCUT2D eigenvalue weighted by atomic mass is 16.5. The van der Waals surface area contributed by atoms with Crippen LogP contribution in [0.5, 0.6) is 0 Å². The number of aryl methyl sites for hydroxylation is 1. The minimum absolute atomic E-state index is 0.141. The number of nitrogens with one attached hydrogen (secondary N) is 1. The average molecular weight is 346 g/mol. The largest absolute Gasteiger partial charge is 0.378 e. The summed E-state index contributed by atoms with van der Waals surface area (Å²) in [6.07, 6.45) is 7.07. The molecule has 1 aromatic rings. The van der Waals surface area contributed by atoms with E-state index in [1.807, 2.05) is 12.3 Å². The molecular formula is C19H30N4O2. The summed E-state index contributed by atoms with van der Waals surface area (Å²) in [5.41, 5.74) is 1.17. The van der Waals surface area contributed by atoms with Crippen LogP contribution in [0.2, 0.25) is 0 Å². The Balaban J connectivity index is 1.38. The summed E-state index contributed by atoms with van der Waals surface area (Å²) in [4.78, 5) is 21.2. The van der Waals surface area contributed by atoms with E-state index in [0.717, 1.165) is 51.6 Å². The van der Waals surface area contributed by atoms with Crippen molar-refractivity contribution in [2.45, 2.75) is 32.1 Å². The van der Waals surface area contributed by atoms with Gasteiger partial charge in [-0.1, -0.05) is 6.42 Å². The topological polar surface area (TPSA) is 57.7 Å². The molecule has 0 unspecified atom stereocenters. The Bertz CT molecular complexity index is 540. The number of morpholine rings is 1. The zero-order valence-corrected chi connectivity index (χ0v) is 15.1. The number of likely N-dealkylation sites (tertiary alicyclic amines) is 1. The summed E-state index contributed by atoms with van der Waals surface area (Å²) in [5.74, 6) is 1.13. The van der Waals surface area contributed by atoms with Gasteiger partial charge in [-0.25, -0.2) is 4.98 Å². The van der Waals surface area contributed by atoms with Gasteiger partial charge in [-0.3, -0.25) is 4.79 Å². The number of carbonyl (C=O) groups is 1. The third-order valence-electron chi connectivity index (χ3n) is 4.98. The van der Waals surface area contributed by atoms with E-state index in [2.05, 4.69) is 26.2 Å². The van der Waals surface area contributed by atoms with Gasteiger partial charge in [0.15, 0.2) is 0 Å². The third kappa shape index (κ3) is 5.97. The number of ether oxygens (including phenoxy) is 1. The maximum absolute atomic E-state index is 12.1. The van der Waals surface area contributed by atoms with E-state index in [-0.39, 0.29) is 5.91 Å². The molecule has 6 nitrogen and oxygen atoms in total. The monoisotopic (exact) mass is 346 g/mol. The van der Waals surface area contributed by atoms with Crippen LogP contribution in [0.4, 0.5) is 5.82 Å². The van der Waals surface area contributed by atoms with Gasteiger partial charge in [0, 0.05) is 38.8 Å². The minimum atomic E-state index is 0.141. The lowest BCUT2D eigenvalue weighted by Crippen LogP contribution is -2.37. The molecule has 1 aromatic heterocycles. The number of hydrogen-bond donors (Lipinski definition) is 1. The van der Waals surface area contributed by atoms with Gasteiger partial charge >= 0.3 is 0 Å². The number of carbonyl (C=O) groups excluding carboxylic acids is 1. The molecule has 25 heavy (non-hydrogen) atoms. The van der Waals surface area contributed by atoms with Crippen LogP contribution >= 0.6 is 0 Å². The summed E-state index contributed by atoms with van der Waals surface area (Å²) in [5, 5.41) is 3.06. The molecule has 2 aliphatic rings. The molecule has 0 atom stereocenters. The molecule has 2 aliphatic heterocycles. The zero-order chi connectivity index (χ0) is 17.3. The van der Waals surface area contributed by atoms with Crippen molar-refractivity contribution in [1.29, 1.82) is 0 Å². The van der Waals surface area contributed by atoms with Gasteiger partial charge in [-0.15, -0.1) is 0 Å². The predicted molar refractivity (Wildman–Crippen MR) is 98.9 cm³/mol. The first-order valence-corrected chi connectivity index (χ1v) is 9.58. The van der Waals surface area contributed by atoms with Crippen LogP contribution < -0.4 is 10.2 Å². The number of piperidine rings is 1. The van der Waals surface area contributed by atoms with Crippen LogP contribution in [-0.2, 0) is 16.0 Å². The smallest absolute Gasteiger partial charge is 0.220 e. The fourth-order valence-corrected chi connectivity index (χ4v) is 3.46. The van der Waals surface area contributed by atoms with E-state index in [1.165, 1.54) is 37.9 Å². The number of amides is 1. The fourth-order valence-electron chi connectivity index (χ4n) is 3.46. The van der Waals surface area contributed by atoms with Crippen molar-refractivity contribution in [3.8, 4) is 0 Å². The molecule has 2 fully saturated rings. The Labute approximate surface area is 150 Å². The van der Waals surface area contributed by atoms with E-state index in [0.29, 0.717) is 6.42 Å². The number of aromatic nitrogens is 1. The summed E-state index contributed by atoms with van der Waals surface area (Å²) in [6.45, 7) is 7.36. The SMILES string of the molecule is O=C(CCc1ccnc(N2CCOCC2)c1)NCCN1CCCCC1. The number of rotatable bonds is 7. The van der Waals surface area contributed by atoms with Crippen molar-refractivity contribution < 1.29 is 9.53 Å². The second kappa shape index (κ2) is 9.73. The third-order valence-corrected chi connectivity index (χ3v) is 4.98. The van der Waals surface area contributed by atoms with Crippen LogP contribution in [0.25, 0.3) is 0 Å². The lowest BCUT2D eigenvalue weighted by atomic mass is 10.1. The lowest BCUT2D eigenvalue weighted by molar-refractivity contribution is -0.121. The number of pyridine rings is 1. The Kier molecular flexibility index (Phi) is 7.06. The molecule has 2 saturated heterocycles. The first-order valence-electron chi connectivity index (χ1n) is 9.58. The fraction of sp³-hybridized carbons (Fsp3) is 0.684. The molecule has 1 N–H and O–H groups in total. The normalized spacial score (nSPS) is 19.0. The Morgan fingerprint density at radius 2 is 1.96 bits per heavy atom. The molecule has 0 bridgehead atoms. The van der Waals surface area contributed by atoms with Crippen molar-refractivity contribution in [1.82, 2.24) is 15.2 Å². The molecule has 3 rings (SSSR count). The average Bonchev–Trinajstić information content (AvgIpc) is 2.68. The summed E-state index contributed by atoms with van der Waals surface area (Å²) >= 11 is 0. The van der Waals surface area contributed by atoms with E-state index in [4.69, 9.17) is 4.74 Å². The molecule has 3 heterocycles. The molecule has 138 valence electrons. The van der Waals surface area contributed by atoms with E-state index in [9.17, 15) is 4.79 Å². The predicted octanol–water partition coefficient (Wildman–Crippen LogP) is 1.45. The van der Waals surface area contributed by atoms with Gasteiger partial charge in [-0.05, 0) is 50.0 Å². The maximum Gasteiger partial charge on any atom is 0.220 e. The minimum Gasteiger partial charge on any atom is -0.378 e. The molecule has 0 saturated carbocycles. The van der Waals surface area contributed by atoms with Crippen molar-refractivity contribution in [3.05, 3.63) is 23.9 Å². The van der Waals surface area contributed by atoms with Gasteiger partial charge in [0.2, 0.25) is 5.91 Å². The quantitative estimate of drug-likeness (QED) is 0.810. The summed E-state index contributed by atoms with van der Waals surface area (Å²) < 4.78 is 5.39. The number of hydrogen-bond acceptors (Lipinski definition) is 5. The molecule has 1 amide bonds. The molecule has 0 spiro atoms. The van der Waals surface area contributed by atoms with Gasteiger partial charge in [-0.2, -0.15) is 0 Å². The van der Waals surface area contributed by atoms with Crippen molar-refractivity contribution in [2.75, 3.05) is 57.4 Å². The maximum atomic E-state index is 12.1. The van der Waals surface area contributed by atoms with Crippen molar-refractivity contribution >= 4 is 11.7 Å². The van der Waals surface area contributed by atoms with Gasteiger partial charge < -0.3 is 19.9 Å². The van der Waals surface area contributed by atoms with E-state index < -0.39 is 0 Å². The van der Waals surface area contributed by atoms with Crippen molar-refractivity contribution in [3.63, 3.8) is 0 Å². The van der Waals surface area contributed by atoms with Crippen molar-refractivity contribution in [2.24, 2.45) is 0 Å². The Morgan fingerprint density at radius 1 is 1.16 bits per heavy atom. The molecule has 0 radical (unpaired) electrons. The van der Waals surface area contributed by atoms with Crippen LogP contribution in [0.1, 0.15) is 31.2 Å². The summed E-state index contributed by atoms with van der Waals surface area (Å²) in [7, 11) is 0. The second-order valence-corrected chi connectivity index (χ2v) is 6.87. The highest BCUT2D eigenvalue weighted by molar-refractivity contribution is 5.76. The highest BCUT2D eigenvalue weighted by Gasteiger charge is 2.13. The molecule has 0 aliphatic carbocycles. The number of nitrogens with zero attached hydrogens (tertiary/aromatic N) is 3. The highest BCUT2D eigenvalue weighted by Crippen LogP contribution is 2.15. The first kappa shape index (κ1) is 18.1. The van der Waals surface area contributed by atoms with E-state index >= 15 is 0 Å². The van der Waals surface area contributed by atoms with Crippen LogP contribution in [0.3, 0.4) is 0 Å². The lowest BCUT2D eigenvalue weighted by Gasteiger charge is -2.28. The van der Waals surface area contributed by atoms with Gasteiger partial charge in [0.25, 0.3) is 0 Å². The number of anilines is 1. The van der Waals surface area contributed by atoms with Crippen LogP contribution in [0.15, 0.2) is 18.3 Å². The van der Waals surface area contributed by atoms with Gasteiger partial charge in [0.05, 0.1) is 13.2 Å². The molecule has 0 aromatic carbocycles. The van der Waals surface area contributed by atoms with E-state index in [1.54, 1.807) is 0 Å². The van der Waals surface area contributed by atoms with Crippen LogP contribution in [0, 0.1) is 0 Å². The van der Waals surface area contributed by atoms with Crippen LogP contribution in [-0.4, -0.2) is 68.3 Å². The zero-order valence-electron chi connectivity index (χ0n) is 15.1. The van der Waals surface area contributed by atoms with Gasteiger partial charge in [0.1, 0.15) is 5.82 Å². The molecule has 6 heteroatoms. The molecular weight excluding hydrogens is 316 g/mol.